The Hall–Kier alpha value is -2.14. The van der Waals surface area contributed by atoms with E-state index in [2.05, 4.69) is 0 Å². The number of hydrogen-bond donors (Lipinski definition) is 0. The summed E-state index contributed by atoms with van der Waals surface area (Å²) < 4.78 is 5.05. The van der Waals surface area contributed by atoms with Crippen LogP contribution >= 0.6 is 11.6 Å². The summed E-state index contributed by atoms with van der Waals surface area (Å²) in [6.45, 7) is 3.13. The average molecular weight is 348 g/mol. The van der Waals surface area contributed by atoms with Crippen molar-refractivity contribution in [1.82, 2.24) is 4.90 Å². The smallest absolute Gasteiger partial charge is 0.309 e. The maximum absolute atomic E-state index is 12.8. The lowest BCUT2D eigenvalue weighted by molar-refractivity contribution is -0.149. The van der Waals surface area contributed by atoms with Crippen molar-refractivity contribution < 1.29 is 19.1 Å². The van der Waals surface area contributed by atoms with Crippen molar-refractivity contribution in [1.29, 1.82) is 0 Å². The normalized spacial score (nSPS) is 18.7. The third-order valence-corrected chi connectivity index (χ3v) is 4.82. The number of fused-ring (bicyclic) bond motifs is 1. The van der Waals surface area contributed by atoms with E-state index in [0.717, 1.165) is 0 Å². The van der Waals surface area contributed by atoms with Crippen LogP contribution in [0.1, 0.15) is 40.5 Å². The number of rotatable bonds is 3. The third-order valence-electron chi connectivity index (χ3n) is 4.47. The van der Waals surface area contributed by atoms with Gasteiger partial charge in [0, 0.05) is 24.2 Å². The number of halogens is 1. The van der Waals surface area contributed by atoms with Gasteiger partial charge in [0.05, 0.1) is 12.5 Å². The second-order valence-electron chi connectivity index (χ2n) is 5.88. The molecule has 126 valence electrons. The van der Waals surface area contributed by atoms with Crippen molar-refractivity contribution in [2.75, 3.05) is 19.7 Å². The predicted octanol–water partition coefficient (Wildman–Crippen LogP) is 2.79. The quantitative estimate of drug-likeness (QED) is 0.787. The fourth-order valence-corrected chi connectivity index (χ4v) is 3.52. The van der Waals surface area contributed by atoms with Crippen LogP contribution in [0.3, 0.4) is 0 Å². The first-order valence-electron chi connectivity index (χ1n) is 8.04. The number of piperidine rings is 1. The van der Waals surface area contributed by atoms with Gasteiger partial charge in [-0.2, -0.15) is 0 Å². The molecule has 0 unspecified atom stereocenters. The number of ether oxygens (including phenoxy) is 1. The number of Topliss-reactive ketones (excluding diaryl/α,β-unsaturated/α-hetero) is 2. The van der Waals surface area contributed by atoms with E-state index >= 15 is 0 Å². The Kier molecular flexibility index (Phi) is 4.71. The molecule has 0 atom stereocenters. The van der Waals surface area contributed by atoms with E-state index in [1.54, 1.807) is 31.2 Å². The molecule has 0 bridgehead atoms. The summed E-state index contributed by atoms with van der Waals surface area (Å²) in [4.78, 5) is 38.8. The summed E-state index contributed by atoms with van der Waals surface area (Å²) in [5.74, 6) is -0.921. The number of hydrogen-bond acceptors (Lipinski definition) is 5. The lowest BCUT2D eigenvalue weighted by Crippen LogP contribution is -2.40. The summed E-state index contributed by atoms with van der Waals surface area (Å²) in [5, 5.41) is -0.0340. The molecule has 0 N–H and O–H groups in total. The molecule has 1 aromatic carbocycles. The van der Waals surface area contributed by atoms with Crippen LogP contribution in [0.5, 0.6) is 0 Å². The summed E-state index contributed by atoms with van der Waals surface area (Å²) in [5.41, 5.74) is 0.981. The van der Waals surface area contributed by atoms with Crippen molar-refractivity contribution in [3.63, 3.8) is 0 Å². The highest BCUT2D eigenvalue weighted by molar-refractivity contribution is 6.49. The third kappa shape index (κ3) is 2.84. The molecule has 1 aliphatic carbocycles. The van der Waals surface area contributed by atoms with E-state index in [-0.39, 0.29) is 34.2 Å². The molecule has 0 amide bonds. The van der Waals surface area contributed by atoms with Crippen molar-refractivity contribution in [2.24, 2.45) is 5.92 Å². The molecule has 1 fully saturated rings. The van der Waals surface area contributed by atoms with Crippen LogP contribution in [0.4, 0.5) is 0 Å². The van der Waals surface area contributed by atoms with Crippen LogP contribution in [0.25, 0.3) is 0 Å². The minimum absolute atomic E-state index is 0.0340. The maximum Gasteiger partial charge on any atom is 0.309 e. The molecular weight excluding hydrogens is 330 g/mol. The fourth-order valence-electron chi connectivity index (χ4n) is 3.21. The number of carbonyl (C=O) groups is 3. The molecule has 2 aliphatic rings. The van der Waals surface area contributed by atoms with Gasteiger partial charge in [-0.25, -0.2) is 0 Å². The Morgan fingerprint density at radius 1 is 1.17 bits per heavy atom. The largest absolute Gasteiger partial charge is 0.466 e. The van der Waals surface area contributed by atoms with Gasteiger partial charge in [-0.05, 0) is 19.8 Å². The van der Waals surface area contributed by atoms with Crippen LogP contribution in [0.15, 0.2) is 35.0 Å². The molecule has 0 aromatic heterocycles. The molecule has 0 radical (unpaired) electrons. The summed E-state index contributed by atoms with van der Waals surface area (Å²) in [7, 11) is 0. The molecular formula is C18H18ClNO4. The number of esters is 1. The van der Waals surface area contributed by atoms with E-state index in [9.17, 15) is 14.4 Å². The second-order valence-corrected chi connectivity index (χ2v) is 6.26. The number of nitrogens with zero attached hydrogens (tertiary/aromatic N) is 1. The van der Waals surface area contributed by atoms with E-state index in [1.165, 1.54) is 0 Å². The van der Waals surface area contributed by atoms with Gasteiger partial charge in [-0.3, -0.25) is 14.4 Å². The lowest BCUT2D eigenvalue weighted by Gasteiger charge is -2.35. The van der Waals surface area contributed by atoms with Crippen molar-refractivity contribution in [2.45, 2.75) is 19.8 Å². The average Bonchev–Trinajstić information content (AvgIpc) is 2.61. The van der Waals surface area contributed by atoms with Crippen LogP contribution in [-0.2, 0) is 9.53 Å². The minimum Gasteiger partial charge on any atom is -0.466 e. The zero-order chi connectivity index (χ0) is 17.3. The van der Waals surface area contributed by atoms with E-state index < -0.39 is 0 Å². The van der Waals surface area contributed by atoms with Gasteiger partial charge in [-0.1, -0.05) is 35.9 Å². The number of likely N-dealkylation sites (tertiary alicyclic amines) is 1. The number of carbonyl (C=O) groups excluding carboxylic acids is 3. The Labute approximate surface area is 145 Å². The molecule has 24 heavy (non-hydrogen) atoms. The predicted molar refractivity (Wildman–Crippen MR) is 88.9 cm³/mol. The Balaban J connectivity index is 1.81. The first kappa shape index (κ1) is 16.7. The van der Waals surface area contributed by atoms with Crippen molar-refractivity contribution in [3.8, 4) is 0 Å². The topological polar surface area (TPSA) is 63.7 Å². The standard InChI is InChI=1S/C18H18ClNO4/c1-2-24-18(23)11-7-9-20(10-8-11)15-14(19)16(21)12-5-3-4-6-13(12)17(15)22/h3-6,11H,2,7-10H2,1H3. The molecule has 1 saturated heterocycles. The summed E-state index contributed by atoms with van der Waals surface area (Å²) >= 11 is 6.21. The number of benzene rings is 1. The summed E-state index contributed by atoms with van der Waals surface area (Å²) in [6, 6.07) is 6.70. The minimum atomic E-state index is -0.325. The molecule has 1 aliphatic heterocycles. The van der Waals surface area contributed by atoms with Crippen molar-refractivity contribution in [3.05, 3.63) is 46.1 Å². The van der Waals surface area contributed by atoms with Gasteiger partial charge in [0.15, 0.2) is 0 Å². The van der Waals surface area contributed by atoms with Crippen LogP contribution < -0.4 is 0 Å². The van der Waals surface area contributed by atoms with Gasteiger partial charge in [0.1, 0.15) is 10.7 Å². The number of ketones is 2. The maximum atomic E-state index is 12.8. The zero-order valence-corrected chi connectivity index (χ0v) is 14.1. The van der Waals surface area contributed by atoms with Gasteiger partial charge in [0.25, 0.3) is 0 Å². The molecule has 0 saturated carbocycles. The molecule has 0 spiro atoms. The molecule has 1 aromatic rings. The van der Waals surface area contributed by atoms with Gasteiger partial charge in [-0.15, -0.1) is 0 Å². The SMILES string of the molecule is CCOC(=O)C1CCN(C2=C(Cl)C(=O)c3ccccc3C2=O)CC1. The monoisotopic (exact) mass is 347 g/mol. The van der Waals surface area contributed by atoms with E-state index in [1.807, 2.05) is 4.90 Å². The molecule has 6 heteroatoms. The fraction of sp³-hybridized carbons (Fsp3) is 0.389. The highest BCUT2D eigenvalue weighted by atomic mass is 35.5. The van der Waals surface area contributed by atoms with Crippen LogP contribution in [0, 0.1) is 5.92 Å². The first-order chi connectivity index (χ1) is 11.5. The first-order valence-corrected chi connectivity index (χ1v) is 8.42. The highest BCUT2D eigenvalue weighted by Gasteiger charge is 2.36. The Morgan fingerprint density at radius 2 is 1.75 bits per heavy atom. The summed E-state index contributed by atoms with van der Waals surface area (Å²) in [6.07, 6.45) is 1.16. The van der Waals surface area contributed by atoms with Gasteiger partial charge in [0.2, 0.25) is 11.6 Å². The lowest BCUT2D eigenvalue weighted by atomic mass is 9.90. The van der Waals surface area contributed by atoms with E-state index in [0.29, 0.717) is 43.7 Å². The molecule has 3 rings (SSSR count). The highest BCUT2D eigenvalue weighted by Crippen LogP contribution is 2.32. The number of allylic oxidation sites excluding steroid dienone is 2. The second kappa shape index (κ2) is 6.77. The van der Waals surface area contributed by atoms with Crippen molar-refractivity contribution >= 4 is 29.1 Å². The Morgan fingerprint density at radius 3 is 2.33 bits per heavy atom. The van der Waals surface area contributed by atoms with Crippen LogP contribution in [0.2, 0.25) is 0 Å². The van der Waals surface area contributed by atoms with Crippen LogP contribution in [-0.4, -0.2) is 42.1 Å². The van der Waals surface area contributed by atoms with Gasteiger partial charge < -0.3 is 9.64 Å². The Bertz CT molecular complexity index is 732. The van der Waals surface area contributed by atoms with E-state index in [4.69, 9.17) is 16.3 Å². The molecule has 1 heterocycles. The van der Waals surface area contributed by atoms with Gasteiger partial charge >= 0.3 is 5.97 Å². The molecule has 5 nitrogen and oxygen atoms in total. The zero-order valence-electron chi connectivity index (χ0n) is 13.4.